The van der Waals surface area contributed by atoms with Crippen LogP contribution in [-0.4, -0.2) is 10.8 Å². The minimum Gasteiger partial charge on any atom is -0.292 e. The van der Waals surface area contributed by atoms with Gasteiger partial charge in [-0.15, -0.1) is 11.3 Å². The molecule has 0 aliphatic carbocycles. The molecular weight excluding hydrogens is 261 g/mol. The summed E-state index contributed by atoms with van der Waals surface area (Å²) in [5.74, 6) is -0.681. The molecule has 0 atom stereocenters. The van der Waals surface area contributed by atoms with Gasteiger partial charge < -0.3 is 0 Å². The van der Waals surface area contributed by atoms with Crippen LogP contribution in [-0.2, 0) is 6.42 Å². The fourth-order valence-corrected chi connectivity index (χ4v) is 2.29. The summed E-state index contributed by atoms with van der Waals surface area (Å²) in [5.41, 5.74) is 0.594. The van der Waals surface area contributed by atoms with Crippen molar-refractivity contribution in [1.29, 1.82) is 0 Å². The molecule has 2 nitrogen and oxygen atoms in total. The summed E-state index contributed by atoms with van der Waals surface area (Å²) in [7, 11) is 0. The van der Waals surface area contributed by atoms with Crippen molar-refractivity contribution in [1.82, 2.24) is 4.98 Å². The van der Waals surface area contributed by atoms with E-state index in [0.29, 0.717) is 5.69 Å². The van der Waals surface area contributed by atoms with E-state index in [4.69, 9.17) is 11.6 Å². The fraction of sp³-hybridized carbons (Fsp3) is 0.167. The first-order valence-corrected chi connectivity index (χ1v) is 6.22. The van der Waals surface area contributed by atoms with E-state index in [1.54, 1.807) is 11.4 Å². The summed E-state index contributed by atoms with van der Waals surface area (Å²) in [5, 5.41) is 2.75. The van der Waals surface area contributed by atoms with Crippen molar-refractivity contribution in [2.75, 3.05) is 0 Å². The maximum atomic E-state index is 13.5. The van der Waals surface area contributed by atoms with E-state index < -0.39 is 5.82 Å². The molecule has 0 aliphatic heterocycles. The van der Waals surface area contributed by atoms with Gasteiger partial charge in [0.15, 0.2) is 5.78 Å². The van der Waals surface area contributed by atoms with Gasteiger partial charge in [-0.2, -0.15) is 0 Å². The SMILES string of the molecule is Cc1nc(C(=O)Cc2c(F)cccc2Cl)cs1. The molecule has 0 aliphatic rings. The highest BCUT2D eigenvalue weighted by molar-refractivity contribution is 7.09. The van der Waals surface area contributed by atoms with Crippen LogP contribution in [0.4, 0.5) is 4.39 Å². The first kappa shape index (κ1) is 12.2. The number of aromatic nitrogens is 1. The number of rotatable bonds is 3. The van der Waals surface area contributed by atoms with E-state index in [-0.39, 0.29) is 22.8 Å². The Bertz CT molecular complexity index is 547. The normalized spacial score (nSPS) is 10.5. The number of carbonyl (C=O) groups excluding carboxylic acids is 1. The average Bonchev–Trinajstić information content (AvgIpc) is 2.70. The topological polar surface area (TPSA) is 30.0 Å². The average molecular weight is 270 g/mol. The largest absolute Gasteiger partial charge is 0.292 e. The van der Waals surface area contributed by atoms with Crippen molar-refractivity contribution < 1.29 is 9.18 Å². The number of ketones is 1. The van der Waals surface area contributed by atoms with Gasteiger partial charge >= 0.3 is 0 Å². The van der Waals surface area contributed by atoms with Gasteiger partial charge in [-0.3, -0.25) is 4.79 Å². The molecule has 0 N–H and O–H groups in total. The van der Waals surface area contributed by atoms with Crippen LogP contribution in [0, 0.1) is 12.7 Å². The molecule has 2 rings (SSSR count). The van der Waals surface area contributed by atoms with E-state index in [1.807, 2.05) is 6.92 Å². The summed E-state index contributed by atoms with van der Waals surface area (Å²) in [4.78, 5) is 15.9. The van der Waals surface area contributed by atoms with Crippen LogP contribution in [0.25, 0.3) is 0 Å². The number of aryl methyl sites for hydroxylation is 1. The lowest BCUT2D eigenvalue weighted by Gasteiger charge is -2.03. The third kappa shape index (κ3) is 2.70. The number of halogens is 2. The van der Waals surface area contributed by atoms with Crippen molar-refractivity contribution in [2.45, 2.75) is 13.3 Å². The number of carbonyl (C=O) groups is 1. The molecular formula is C12H9ClFNOS. The van der Waals surface area contributed by atoms with Crippen molar-refractivity contribution >= 4 is 28.7 Å². The van der Waals surface area contributed by atoms with Gasteiger partial charge in [0.05, 0.1) is 5.01 Å². The van der Waals surface area contributed by atoms with Crippen LogP contribution in [0.3, 0.4) is 0 Å². The van der Waals surface area contributed by atoms with Crippen molar-refractivity contribution in [2.24, 2.45) is 0 Å². The lowest BCUT2D eigenvalue weighted by molar-refractivity contribution is 0.0987. The monoisotopic (exact) mass is 269 g/mol. The highest BCUT2D eigenvalue weighted by atomic mass is 35.5. The minimum absolute atomic E-state index is 0.0608. The summed E-state index contributed by atoms with van der Waals surface area (Å²) in [6, 6.07) is 4.37. The molecule has 0 bridgehead atoms. The van der Waals surface area contributed by atoms with Crippen molar-refractivity contribution in [3.8, 4) is 0 Å². The van der Waals surface area contributed by atoms with Crippen LogP contribution in [0.2, 0.25) is 5.02 Å². The van der Waals surface area contributed by atoms with Gasteiger partial charge in [-0.1, -0.05) is 17.7 Å². The molecule has 1 heterocycles. The number of hydrogen-bond donors (Lipinski definition) is 0. The van der Waals surface area contributed by atoms with Crippen LogP contribution in [0.1, 0.15) is 21.1 Å². The highest BCUT2D eigenvalue weighted by Gasteiger charge is 2.15. The summed E-state index contributed by atoms with van der Waals surface area (Å²) in [6.07, 6.45) is -0.0608. The molecule has 17 heavy (non-hydrogen) atoms. The number of benzene rings is 1. The summed E-state index contributed by atoms with van der Waals surface area (Å²) >= 11 is 7.25. The molecule has 1 aromatic carbocycles. The van der Waals surface area contributed by atoms with Gasteiger partial charge in [0.2, 0.25) is 0 Å². The Hall–Kier alpha value is -1.26. The molecule has 0 saturated carbocycles. The molecule has 5 heteroatoms. The number of hydrogen-bond acceptors (Lipinski definition) is 3. The Labute approximate surface area is 107 Å². The smallest absolute Gasteiger partial charge is 0.186 e. The second kappa shape index (κ2) is 4.94. The third-order valence-electron chi connectivity index (χ3n) is 2.30. The van der Waals surface area contributed by atoms with E-state index in [1.165, 1.54) is 23.5 Å². The maximum Gasteiger partial charge on any atom is 0.186 e. The van der Waals surface area contributed by atoms with Crippen molar-refractivity contribution in [3.63, 3.8) is 0 Å². The summed E-state index contributed by atoms with van der Waals surface area (Å²) in [6.45, 7) is 1.82. The summed E-state index contributed by atoms with van der Waals surface area (Å²) < 4.78 is 13.5. The van der Waals surface area contributed by atoms with Crippen molar-refractivity contribution in [3.05, 3.63) is 50.7 Å². The standard InChI is InChI=1S/C12H9ClFNOS/c1-7-15-11(6-17-7)12(16)5-8-9(13)3-2-4-10(8)14/h2-4,6H,5H2,1H3. The van der Waals surface area contributed by atoms with Gasteiger partial charge in [0.25, 0.3) is 0 Å². The zero-order valence-corrected chi connectivity index (χ0v) is 10.6. The molecule has 88 valence electrons. The maximum absolute atomic E-state index is 13.5. The molecule has 0 radical (unpaired) electrons. The van der Waals surface area contributed by atoms with Gasteiger partial charge in [0, 0.05) is 22.4 Å². The predicted molar refractivity (Wildman–Crippen MR) is 66.3 cm³/mol. The zero-order valence-electron chi connectivity index (χ0n) is 9.04. The van der Waals surface area contributed by atoms with Gasteiger partial charge in [-0.05, 0) is 19.1 Å². The Morgan fingerprint density at radius 2 is 2.29 bits per heavy atom. The van der Waals surface area contributed by atoms with Gasteiger partial charge in [0.1, 0.15) is 11.5 Å². The predicted octanol–water partition coefficient (Wildman–Crippen LogP) is 3.67. The Morgan fingerprint density at radius 1 is 1.53 bits per heavy atom. The Kier molecular flexibility index (Phi) is 3.54. The van der Waals surface area contributed by atoms with Crippen LogP contribution >= 0.6 is 22.9 Å². The first-order valence-electron chi connectivity index (χ1n) is 4.96. The zero-order chi connectivity index (χ0) is 12.4. The Balaban J connectivity index is 2.24. The molecule has 0 amide bonds. The van der Waals surface area contributed by atoms with E-state index >= 15 is 0 Å². The molecule has 0 fully saturated rings. The van der Waals surface area contributed by atoms with E-state index in [2.05, 4.69) is 4.98 Å². The fourth-order valence-electron chi connectivity index (χ4n) is 1.44. The lowest BCUT2D eigenvalue weighted by Crippen LogP contribution is -2.06. The molecule has 1 aromatic heterocycles. The molecule has 0 saturated heterocycles. The van der Waals surface area contributed by atoms with E-state index in [0.717, 1.165) is 5.01 Å². The van der Waals surface area contributed by atoms with Crippen LogP contribution < -0.4 is 0 Å². The molecule has 2 aromatic rings. The number of thiazole rings is 1. The molecule has 0 unspecified atom stereocenters. The highest BCUT2D eigenvalue weighted by Crippen LogP contribution is 2.21. The minimum atomic E-state index is -0.460. The molecule has 0 spiro atoms. The third-order valence-corrected chi connectivity index (χ3v) is 3.43. The second-order valence-electron chi connectivity index (χ2n) is 3.55. The quantitative estimate of drug-likeness (QED) is 0.796. The van der Waals surface area contributed by atoms with E-state index in [9.17, 15) is 9.18 Å². The lowest BCUT2D eigenvalue weighted by atomic mass is 10.1. The van der Waals surface area contributed by atoms with Crippen LogP contribution in [0.5, 0.6) is 0 Å². The Morgan fingerprint density at radius 3 is 2.88 bits per heavy atom. The number of Topliss-reactive ketones (excluding diaryl/α,β-unsaturated/α-hetero) is 1. The van der Waals surface area contributed by atoms with Crippen LogP contribution in [0.15, 0.2) is 23.6 Å². The number of nitrogens with zero attached hydrogens (tertiary/aromatic N) is 1. The van der Waals surface area contributed by atoms with Gasteiger partial charge in [-0.25, -0.2) is 9.37 Å². The second-order valence-corrected chi connectivity index (χ2v) is 5.02. The first-order chi connectivity index (χ1) is 8.08.